The Morgan fingerprint density at radius 3 is 2.68 bits per heavy atom. The maximum absolute atomic E-state index is 13.7. The maximum Gasteiger partial charge on any atom is 0.269 e. The molecule has 8 heteroatoms. The van der Waals surface area contributed by atoms with Gasteiger partial charge in [0.05, 0.1) is 11.9 Å². The number of aromatic amines is 1. The number of nitrogens with zero attached hydrogens (tertiary/aromatic N) is 5. The van der Waals surface area contributed by atoms with Gasteiger partial charge in [-0.3, -0.25) is 18.8 Å². The third-order valence-corrected chi connectivity index (χ3v) is 7.84. The highest BCUT2D eigenvalue weighted by atomic mass is 16.2. The van der Waals surface area contributed by atoms with Crippen molar-refractivity contribution in [2.75, 3.05) is 13.1 Å². The summed E-state index contributed by atoms with van der Waals surface area (Å²) in [5.74, 6) is 1.52. The molecule has 2 aliphatic rings. The number of rotatable bonds is 5. The van der Waals surface area contributed by atoms with Crippen molar-refractivity contribution >= 4 is 27.8 Å². The molecular weight excluding hydrogens is 464 g/mol. The molecule has 1 amide bonds. The fourth-order valence-electron chi connectivity index (χ4n) is 5.61. The van der Waals surface area contributed by atoms with Gasteiger partial charge in [0, 0.05) is 44.2 Å². The minimum absolute atomic E-state index is 0.112. The van der Waals surface area contributed by atoms with E-state index in [2.05, 4.69) is 46.5 Å². The number of H-pyrrole nitrogens is 1. The second kappa shape index (κ2) is 8.44. The molecule has 2 aromatic carbocycles. The number of amides is 1. The van der Waals surface area contributed by atoms with Gasteiger partial charge in [0.15, 0.2) is 5.65 Å². The summed E-state index contributed by atoms with van der Waals surface area (Å²) in [7, 11) is 1.81. The van der Waals surface area contributed by atoms with E-state index in [1.165, 1.54) is 0 Å². The Balaban J connectivity index is 1.24. The van der Waals surface area contributed by atoms with E-state index in [9.17, 15) is 9.59 Å². The smallest absolute Gasteiger partial charge is 0.269 e. The van der Waals surface area contributed by atoms with Gasteiger partial charge in [0.25, 0.3) is 5.56 Å². The molecule has 1 saturated carbocycles. The minimum atomic E-state index is -0.112. The van der Waals surface area contributed by atoms with Crippen LogP contribution >= 0.6 is 0 Å². The highest BCUT2D eigenvalue weighted by Crippen LogP contribution is 2.33. The first kappa shape index (κ1) is 22.0. The molecule has 7 rings (SSSR count). The highest BCUT2D eigenvalue weighted by Gasteiger charge is 2.37. The number of carbonyl (C=O) groups excluding carboxylic acids is 1. The van der Waals surface area contributed by atoms with Crippen LogP contribution in [0.25, 0.3) is 38.8 Å². The Hall–Kier alpha value is -4.20. The highest BCUT2D eigenvalue weighted by molar-refractivity contribution is 5.85. The largest absolute Gasteiger partial charge is 0.361 e. The molecule has 37 heavy (non-hydrogen) atoms. The molecule has 8 nitrogen and oxygen atoms in total. The molecular formula is C29H28N6O2. The summed E-state index contributed by atoms with van der Waals surface area (Å²) in [6, 6.07) is 16.5. The standard InChI is InChI=1S/C29H28N6O2/c1-33-27-24(16-31-33)29(37)35(26(32-27)14-18-11-13-34(17-18)28(36)20-2-3-20)23-7-4-19(5-8-23)21-6-9-25-22(15-21)10-12-30-25/h4-10,12,15-16,18,20,30H,2-3,11,13-14,17H2,1H3/t18-/m0/s1. The van der Waals surface area contributed by atoms with E-state index in [1.807, 2.05) is 30.3 Å². The van der Waals surface area contributed by atoms with Gasteiger partial charge in [-0.25, -0.2) is 4.98 Å². The molecule has 0 bridgehead atoms. The van der Waals surface area contributed by atoms with Gasteiger partial charge in [0.2, 0.25) is 5.91 Å². The van der Waals surface area contributed by atoms with Crippen LogP contribution in [-0.2, 0) is 18.3 Å². The molecule has 0 radical (unpaired) electrons. The van der Waals surface area contributed by atoms with Crippen LogP contribution in [0.2, 0.25) is 0 Å². The van der Waals surface area contributed by atoms with Gasteiger partial charge >= 0.3 is 0 Å². The zero-order valence-corrected chi connectivity index (χ0v) is 20.7. The van der Waals surface area contributed by atoms with E-state index in [-0.39, 0.29) is 17.4 Å². The number of aromatic nitrogens is 5. The zero-order chi connectivity index (χ0) is 25.1. The van der Waals surface area contributed by atoms with Crippen LogP contribution in [0.1, 0.15) is 25.1 Å². The Morgan fingerprint density at radius 2 is 1.86 bits per heavy atom. The van der Waals surface area contributed by atoms with Crippen molar-refractivity contribution in [1.82, 2.24) is 29.2 Å². The third-order valence-electron chi connectivity index (χ3n) is 7.84. The number of fused-ring (bicyclic) bond motifs is 2. The lowest BCUT2D eigenvalue weighted by Crippen LogP contribution is -2.31. The minimum Gasteiger partial charge on any atom is -0.361 e. The van der Waals surface area contributed by atoms with Crippen molar-refractivity contribution in [2.24, 2.45) is 18.9 Å². The third kappa shape index (κ3) is 3.84. The summed E-state index contributed by atoms with van der Waals surface area (Å²) in [6.07, 6.45) is 7.14. The monoisotopic (exact) mass is 492 g/mol. The zero-order valence-electron chi connectivity index (χ0n) is 20.7. The number of nitrogens with one attached hydrogen (secondary N) is 1. The second-order valence-corrected chi connectivity index (χ2v) is 10.4. The quantitative estimate of drug-likeness (QED) is 0.401. The SMILES string of the molecule is Cn1ncc2c(=O)n(-c3ccc(-c4ccc5[nH]ccc5c4)cc3)c(C[C@@H]3CCN(C(=O)C4CC4)C3)nc21. The Morgan fingerprint density at radius 1 is 1.05 bits per heavy atom. The first-order chi connectivity index (χ1) is 18.0. The Kier molecular flexibility index (Phi) is 5.02. The lowest BCUT2D eigenvalue weighted by Gasteiger charge is -2.18. The molecule has 1 atom stereocenters. The van der Waals surface area contributed by atoms with Crippen LogP contribution in [0.15, 0.2) is 65.7 Å². The van der Waals surface area contributed by atoms with Crippen molar-refractivity contribution in [3.05, 3.63) is 77.1 Å². The molecule has 1 N–H and O–H groups in total. The van der Waals surface area contributed by atoms with Crippen molar-refractivity contribution in [3.8, 4) is 16.8 Å². The number of aryl methyl sites for hydroxylation is 1. The van der Waals surface area contributed by atoms with E-state index >= 15 is 0 Å². The number of hydrogen-bond donors (Lipinski definition) is 1. The number of benzene rings is 2. The van der Waals surface area contributed by atoms with Crippen LogP contribution in [0, 0.1) is 11.8 Å². The lowest BCUT2D eigenvalue weighted by atomic mass is 10.0. The van der Waals surface area contributed by atoms with Gasteiger partial charge in [-0.1, -0.05) is 18.2 Å². The maximum atomic E-state index is 13.7. The molecule has 5 aromatic rings. The first-order valence-corrected chi connectivity index (χ1v) is 13.0. The number of likely N-dealkylation sites (tertiary alicyclic amines) is 1. The fourth-order valence-corrected chi connectivity index (χ4v) is 5.61. The van der Waals surface area contributed by atoms with Gasteiger partial charge < -0.3 is 9.88 Å². The molecule has 4 heterocycles. The summed E-state index contributed by atoms with van der Waals surface area (Å²) in [6.45, 7) is 1.52. The molecule has 0 unspecified atom stereocenters. The fraction of sp³-hybridized carbons (Fsp3) is 0.310. The summed E-state index contributed by atoms with van der Waals surface area (Å²) >= 11 is 0. The average Bonchev–Trinajstić information content (AvgIpc) is 3.28. The van der Waals surface area contributed by atoms with Crippen molar-refractivity contribution < 1.29 is 4.79 Å². The molecule has 0 spiro atoms. The molecule has 1 aliphatic heterocycles. The Bertz CT molecular complexity index is 1710. The van der Waals surface area contributed by atoms with Gasteiger partial charge in [-0.15, -0.1) is 0 Å². The van der Waals surface area contributed by atoms with Gasteiger partial charge in [-0.05, 0) is 72.0 Å². The molecule has 186 valence electrons. The predicted molar refractivity (Wildman–Crippen MR) is 143 cm³/mol. The van der Waals surface area contributed by atoms with Crippen LogP contribution in [0.4, 0.5) is 0 Å². The molecule has 1 saturated heterocycles. The number of hydrogen-bond acceptors (Lipinski definition) is 4. The van der Waals surface area contributed by atoms with Crippen LogP contribution in [0.3, 0.4) is 0 Å². The lowest BCUT2D eigenvalue weighted by molar-refractivity contribution is -0.131. The Labute approximate surface area is 213 Å². The summed E-state index contributed by atoms with van der Waals surface area (Å²) < 4.78 is 3.39. The van der Waals surface area contributed by atoms with E-state index in [4.69, 9.17) is 4.98 Å². The van der Waals surface area contributed by atoms with Crippen molar-refractivity contribution in [1.29, 1.82) is 0 Å². The van der Waals surface area contributed by atoms with Crippen LogP contribution in [-0.4, -0.2) is 48.2 Å². The summed E-state index contributed by atoms with van der Waals surface area (Å²) in [5.41, 5.74) is 4.58. The number of carbonyl (C=O) groups is 1. The second-order valence-electron chi connectivity index (χ2n) is 10.4. The molecule has 2 fully saturated rings. The van der Waals surface area contributed by atoms with Gasteiger partial charge in [-0.2, -0.15) is 5.10 Å². The van der Waals surface area contributed by atoms with Crippen LogP contribution in [0.5, 0.6) is 0 Å². The average molecular weight is 493 g/mol. The van der Waals surface area contributed by atoms with Crippen molar-refractivity contribution in [3.63, 3.8) is 0 Å². The van der Waals surface area contributed by atoms with E-state index in [1.54, 1.807) is 15.4 Å². The van der Waals surface area contributed by atoms with E-state index in [0.717, 1.165) is 60.1 Å². The van der Waals surface area contributed by atoms with Crippen molar-refractivity contribution in [2.45, 2.75) is 25.7 Å². The molecule has 3 aromatic heterocycles. The summed E-state index contributed by atoms with van der Waals surface area (Å²) in [5, 5.41) is 5.95. The predicted octanol–water partition coefficient (Wildman–Crippen LogP) is 4.07. The summed E-state index contributed by atoms with van der Waals surface area (Å²) in [4.78, 5) is 36.4. The van der Waals surface area contributed by atoms with E-state index < -0.39 is 0 Å². The molecule has 1 aliphatic carbocycles. The van der Waals surface area contributed by atoms with Crippen LogP contribution < -0.4 is 5.56 Å². The van der Waals surface area contributed by atoms with E-state index in [0.29, 0.717) is 29.2 Å². The van der Waals surface area contributed by atoms with Gasteiger partial charge in [0.1, 0.15) is 11.2 Å². The normalized spacial score (nSPS) is 17.8. The first-order valence-electron chi connectivity index (χ1n) is 13.0. The topological polar surface area (TPSA) is 88.8 Å².